The van der Waals surface area contributed by atoms with Crippen LogP contribution in [0.2, 0.25) is 0 Å². The summed E-state index contributed by atoms with van der Waals surface area (Å²) in [6.07, 6.45) is 0.772. The summed E-state index contributed by atoms with van der Waals surface area (Å²) in [5, 5.41) is 0.771. The molecule has 1 aliphatic heterocycles. The Balaban J connectivity index is 1.63. The smallest absolute Gasteiger partial charge is 0.299 e. The Morgan fingerprint density at radius 3 is 2.39 bits per heavy atom. The molecule has 0 spiro atoms. The number of para-hydroxylation sites is 2. The molecule has 2 heterocycles. The zero-order valence-corrected chi connectivity index (χ0v) is 15.2. The van der Waals surface area contributed by atoms with Gasteiger partial charge in [0, 0.05) is 23.1 Å². The van der Waals surface area contributed by atoms with Crippen LogP contribution in [0.5, 0.6) is 0 Å². The molecule has 1 aromatic heterocycles. The lowest BCUT2D eigenvalue weighted by molar-refractivity contribution is -0.114. The molecule has 0 unspecified atom stereocenters. The van der Waals surface area contributed by atoms with Crippen molar-refractivity contribution in [2.45, 2.75) is 6.42 Å². The van der Waals surface area contributed by atoms with Crippen molar-refractivity contribution in [1.29, 1.82) is 0 Å². The second-order valence-corrected chi connectivity index (χ2v) is 6.95. The number of anilines is 1. The quantitative estimate of drug-likeness (QED) is 0.425. The maximum absolute atomic E-state index is 13.4. The van der Waals surface area contributed by atoms with Crippen LogP contribution in [0.3, 0.4) is 0 Å². The number of nitrogens with one attached hydrogen (secondary N) is 1. The molecule has 0 saturated carbocycles. The molecule has 136 valence electrons. The number of carbonyl (C=O) groups is 2. The second kappa shape index (κ2) is 6.50. The number of aromatic amines is 1. The van der Waals surface area contributed by atoms with Crippen molar-refractivity contribution < 1.29 is 9.59 Å². The Bertz CT molecular complexity index is 1210. The summed E-state index contributed by atoms with van der Waals surface area (Å²) in [5.41, 5.74) is 4.80. The van der Waals surface area contributed by atoms with Crippen LogP contribution < -0.4 is 4.90 Å². The number of amides is 1. The Hall–Kier alpha value is -3.66. The first-order chi connectivity index (χ1) is 13.7. The standard InChI is InChI=1S/C24H18N2O2/c27-23(24(28)26-15-14-16-8-4-7-13-20(16)26)21-18-11-5-6-12-19(18)25-22(21)17-9-2-1-3-10-17/h1-13,25H,14-15H2. The number of carbonyl (C=O) groups excluding carboxylic acids is 2. The summed E-state index contributed by atoms with van der Waals surface area (Å²) < 4.78 is 0. The van der Waals surface area contributed by atoms with Gasteiger partial charge in [-0.05, 0) is 29.7 Å². The van der Waals surface area contributed by atoms with Gasteiger partial charge in [-0.15, -0.1) is 0 Å². The van der Waals surface area contributed by atoms with Crippen LogP contribution in [0, 0.1) is 0 Å². The fourth-order valence-electron chi connectivity index (χ4n) is 3.98. The van der Waals surface area contributed by atoms with Gasteiger partial charge >= 0.3 is 0 Å². The van der Waals surface area contributed by atoms with Gasteiger partial charge in [-0.1, -0.05) is 66.7 Å². The first-order valence-electron chi connectivity index (χ1n) is 9.34. The Kier molecular flexibility index (Phi) is 3.83. The van der Waals surface area contributed by atoms with Crippen LogP contribution in [-0.2, 0) is 11.2 Å². The highest BCUT2D eigenvalue weighted by Crippen LogP contribution is 2.33. The highest BCUT2D eigenvalue weighted by Gasteiger charge is 2.32. The highest BCUT2D eigenvalue weighted by atomic mass is 16.2. The number of benzene rings is 3. The van der Waals surface area contributed by atoms with E-state index >= 15 is 0 Å². The minimum absolute atomic E-state index is 0.441. The van der Waals surface area contributed by atoms with E-state index in [4.69, 9.17) is 0 Å². The zero-order chi connectivity index (χ0) is 19.1. The van der Waals surface area contributed by atoms with Gasteiger partial charge in [0.15, 0.2) is 0 Å². The fraction of sp³-hybridized carbons (Fsp3) is 0.0833. The van der Waals surface area contributed by atoms with Gasteiger partial charge in [0.05, 0.1) is 11.3 Å². The number of fused-ring (bicyclic) bond motifs is 2. The van der Waals surface area contributed by atoms with Crippen molar-refractivity contribution in [2.75, 3.05) is 11.4 Å². The Morgan fingerprint density at radius 2 is 1.54 bits per heavy atom. The van der Waals surface area contributed by atoms with Crippen molar-refractivity contribution in [3.05, 3.63) is 90.0 Å². The minimum atomic E-state index is -0.480. The fourth-order valence-corrected chi connectivity index (χ4v) is 3.98. The zero-order valence-electron chi connectivity index (χ0n) is 15.2. The molecule has 0 atom stereocenters. The van der Waals surface area contributed by atoms with Crippen LogP contribution in [-0.4, -0.2) is 23.2 Å². The van der Waals surface area contributed by atoms with Crippen LogP contribution >= 0.6 is 0 Å². The number of ketones is 1. The number of nitrogens with zero attached hydrogens (tertiary/aromatic N) is 1. The molecular formula is C24H18N2O2. The van der Waals surface area contributed by atoms with E-state index in [1.165, 1.54) is 0 Å². The van der Waals surface area contributed by atoms with Crippen LogP contribution in [0.25, 0.3) is 22.2 Å². The van der Waals surface area contributed by atoms with E-state index in [0.29, 0.717) is 17.8 Å². The number of H-pyrrole nitrogens is 1. The maximum Gasteiger partial charge on any atom is 0.299 e. The number of rotatable bonds is 3. The molecule has 1 N–H and O–H groups in total. The molecule has 0 saturated heterocycles. The summed E-state index contributed by atoms with van der Waals surface area (Å²) in [5.74, 6) is -0.958. The Morgan fingerprint density at radius 1 is 0.821 bits per heavy atom. The molecule has 3 aromatic carbocycles. The first-order valence-corrected chi connectivity index (χ1v) is 9.34. The third-order valence-corrected chi connectivity index (χ3v) is 5.32. The molecule has 5 rings (SSSR count). The van der Waals surface area contributed by atoms with E-state index in [1.807, 2.05) is 78.9 Å². The number of hydrogen-bond donors (Lipinski definition) is 1. The lowest BCUT2D eigenvalue weighted by Gasteiger charge is -2.16. The third kappa shape index (κ3) is 2.54. The van der Waals surface area contributed by atoms with E-state index in [9.17, 15) is 9.59 Å². The summed E-state index contributed by atoms with van der Waals surface area (Å²) in [4.78, 5) is 31.5. The second-order valence-electron chi connectivity index (χ2n) is 6.95. The summed E-state index contributed by atoms with van der Waals surface area (Å²) in [6.45, 7) is 0.535. The lowest BCUT2D eigenvalue weighted by atomic mass is 10.0. The molecule has 0 bridgehead atoms. The van der Waals surface area contributed by atoms with Gasteiger partial charge in [-0.2, -0.15) is 0 Å². The van der Waals surface area contributed by atoms with Crippen molar-refractivity contribution >= 4 is 28.3 Å². The van der Waals surface area contributed by atoms with E-state index in [0.717, 1.165) is 34.1 Å². The van der Waals surface area contributed by atoms with Gasteiger partial charge in [0.25, 0.3) is 11.7 Å². The summed E-state index contributed by atoms with van der Waals surface area (Å²) in [7, 11) is 0. The minimum Gasteiger partial charge on any atom is -0.354 e. The van der Waals surface area contributed by atoms with Gasteiger partial charge in [-0.25, -0.2) is 0 Å². The maximum atomic E-state index is 13.4. The number of hydrogen-bond acceptors (Lipinski definition) is 2. The van der Waals surface area contributed by atoms with Crippen LogP contribution in [0.4, 0.5) is 5.69 Å². The molecule has 1 amide bonds. The molecule has 4 heteroatoms. The number of Topliss-reactive ketones (excluding diaryl/α,β-unsaturated/α-hetero) is 1. The van der Waals surface area contributed by atoms with Crippen molar-refractivity contribution in [1.82, 2.24) is 4.98 Å². The van der Waals surface area contributed by atoms with Gasteiger partial charge in [0.1, 0.15) is 0 Å². The van der Waals surface area contributed by atoms with Crippen LogP contribution in [0.1, 0.15) is 15.9 Å². The Labute approximate surface area is 162 Å². The molecule has 0 radical (unpaired) electrons. The number of aromatic nitrogens is 1. The topological polar surface area (TPSA) is 53.2 Å². The monoisotopic (exact) mass is 366 g/mol. The van der Waals surface area contributed by atoms with Crippen LogP contribution in [0.15, 0.2) is 78.9 Å². The van der Waals surface area contributed by atoms with E-state index in [-0.39, 0.29) is 0 Å². The predicted molar refractivity (Wildman–Crippen MR) is 111 cm³/mol. The van der Waals surface area contributed by atoms with Gasteiger partial charge < -0.3 is 9.88 Å². The molecular weight excluding hydrogens is 348 g/mol. The first kappa shape index (κ1) is 16.5. The van der Waals surface area contributed by atoms with Gasteiger partial charge in [-0.3, -0.25) is 9.59 Å². The van der Waals surface area contributed by atoms with Crippen molar-refractivity contribution in [2.24, 2.45) is 0 Å². The van der Waals surface area contributed by atoms with E-state index < -0.39 is 11.7 Å². The normalized spacial score (nSPS) is 12.9. The molecule has 0 aliphatic carbocycles. The molecule has 4 aromatic rings. The van der Waals surface area contributed by atoms with Gasteiger partial charge in [0.2, 0.25) is 0 Å². The van der Waals surface area contributed by atoms with Crippen molar-refractivity contribution in [3.63, 3.8) is 0 Å². The molecule has 1 aliphatic rings. The average Bonchev–Trinajstić information content (AvgIpc) is 3.35. The molecule has 28 heavy (non-hydrogen) atoms. The third-order valence-electron chi connectivity index (χ3n) is 5.32. The summed E-state index contributed by atoms with van der Waals surface area (Å²) in [6, 6.07) is 25.0. The largest absolute Gasteiger partial charge is 0.354 e. The molecule has 0 fully saturated rings. The molecule has 4 nitrogen and oxygen atoms in total. The lowest BCUT2D eigenvalue weighted by Crippen LogP contribution is -2.35. The van der Waals surface area contributed by atoms with E-state index in [2.05, 4.69) is 4.98 Å². The SMILES string of the molecule is O=C(C(=O)N1CCc2ccccc21)c1c(-c2ccccc2)[nH]c2ccccc12. The average molecular weight is 366 g/mol. The summed E-state index contributed by atoms with van der Waals surface area (Å²) >= 11 is 0. The van der Waals surface area contributed by atoms with Crippen molar-refractivity contribution in [3.8, 4) is 11.3 Å². The van der Waals surface area contributed by atoms with E-state index in [1.54, 1.807) is 4.90 Å². The predicted octanol–water partition coefficient (Wildman–Crippen LogP) is 4.61. The highest BCUT2D eigenvalue weighted by molar-refractivity contribution is 6.50.